The second-order valence-corrected chi connectivity index (χ2v) is 7.34. The molecule has 1 aromatic carbocycles. The zero-order valence-corrected chi connectivity index (χ0v) is 18.4. The zero-order valence-electron chi connectivity index (χ0n) is 17.7. The van der Waals surface area contributed by atoms with Crippen LogP contribution in [0, 0.1) is 5.82 Å². The third-order valence-corrected chi connectivity index (χ3v) is 4.77. The molecule has 3 rings (SSSR count). The second-order valence-electron chi connectivity index (χ2n) is 6.93. The van der Waals surface area contributed by atoms with Crippen molar-refractivity contribution < 1.29 is 51.3 Å². The van der Waals surface area contributed by atoms with Gasteiger partial charge < -0.3 is 24.6 Å². The smallest absolute Gasteiger partial charge is 0.437 e. The van der Waals surface area contributed by atoms with Crippen LogP contribution in [0.3, 0.4) is 0 Å². The lowest BCUT2D eigenvalue weighted by Gasteiger charge is -2.38. The fourth-order valence-electron chi connectivity index (χ4n) is 2.88. The van der Waals surface area contributed by atoms with Crippen molar-refractivity contribution in [3.63, 3.8) is 0 Å². The number of imide groups is 1. The van der Waals surface area contributed by atoms with E-state index in [1.165, 1.54) is 23.6 Å². The number of hydrogen-bond donors (Lipinski definition) is 2. The number of hydrogen-bond acceptors (Lipinski definition) is 8. The Kier molecular flexibility index (Phi) is 7.36. The number of nitrogens with one attached hydrogen (secondary N) is 1. The first-order valence-electron chi connectivity index (χ1n) is 9.71. The van der Waals surface area contributed by atoms with Crippen LogP contribution in [0.1, 0.15) is 13.3 Å². The van der Waals surface area contributed by atoms with Gasteiger partial charge in [0.2, 0.25) is 11.6 Å². The highest BCUT2D eigenvalue weighted by Crippen LogP contribution is 2.40. The Morgan fingerprint density at radius 1 is 1.31 bits per heavy atom. The van der Waals surface area contributed by atoms with Gasteiger partial charge in [0.25, 0.3) is 5.88 Å². The van der Waals surface area contributed by atoms with Crippen molar-refractivity contribution in [1.29, 1.82) is 0 Å². The third-order valence-electron chi connectivity index (χ3n) is 4.47. The summed E-state index contributed by atoms with van der Waals surface area (Å²) in [5, 5.41) is 10.5. The number of benzene rings is 1. The lowest BCUT2D eigenvalue weighted by atomic mass is 10.1. The minimum Gasteiger partial charge on any atom is -0.463 e. The van der Waals surface area contributed by atoms with E-state index in [-0.39, 0.29) is 33.9 Å². The number of ether oxygens (including phenoxy) is 3. The summed E-state index contributed by atoms with van der Waals surface area (Å²) in [5.74, 6) is -4.12. The molecule has 188 valence electrons. The van der Waals surface area contributed by atoms with E-state index in [0.29, 0.717) is 6.07 Å². The summed E-state index contributed by atoms with van der Waals surface area (Å²) in [6, 6.07) is 2.48. The SMILES string of the molecule is CCOC(=O)COc1ncccc1Oc1cc(N2C(=O)CC(O)(C(F)(F)F)NC2=O)c(F)cc1Cl. The maximum absolute atomic E-state index is 14.6. The van der Waals surface area contributed by atoms with E-state index in [1.54, 1.807) is 6.92 Å². The predicted octanol–water partition coefficient (Wildman–Crippen LogP) is 3.31. The van der Waals surface area contributed by atoms with Gasteiger partial charge in [0.15, 0.2) is 12.4 Å². The average molecular weight is 522 g/mol. The van der Waals surface area contributed by atoms with Crippen LogP contribution >= 0.6 is 11.6 Å². The summed E-state index contributed by atoms with van der Waals surface area (Å²) < 4.78 is 69.2. The molecule has 1 aliphatic rings. The number of urea groups is 1. The van der Waals surface area contributed by atoms with Crippen LogP contribution in [0.25, 0.3) is 0 Å². The molecule has 0 saturated carbocycles. The van der Waals surface area contributed by atoms with Crippen LogP contribution in [0.15, 0.2) is 30.5 Å². The molecule has 0 radical (unpaired) electrons. The number of amides is 3. The van der Waals surface area contributed by atoms with Gasteiger partial charge in [-0.25, -0.2) is 23.9 Å². The van der Waals surface area contributed by atoms with Crippen molar-refractivity contribution in [2.45, 2.75) is 25.2 Å². The van der Waals surface area contributed by atoms with Gasteiger partial charge in [-0.3, -0.25) is 4.79 Å². The van der Waals surface area contributed by atoms with Gasteiger partial charge in [0.1, 0.15) is 11.6 Å². The molecule has 3 amide bonds. The summed E-state index contributed by atoms with van der Waals surface area (Å²) in [7, 11) is 0. The third kappa shape index (κ3) is 5.54. The van der Waals surface area contributed by atoms with Crippen LogP contribution in [0.2, 0.25) is 5.02 Å². The van der Waals surface area contributed by atoms with Crippen molar-refractivity contribution in [2.24, 2.45) is 0 Å². The Morgan fingerprint density at radius 2 is 2.03 bits per heavy atom. The molecule has 35 heavy (non-hydrogen) atoms. The number of anilines is 1. The Bertz CT molecular complexity index is 1140. The molecule has 1 aromatic heterocycles. The van der Waals surface area contributed by atoms with E-state index in [1.807, 2.05) is 0 Å². The number of alkyl halides is 3. The van der Waals surface area contributed by atoms with Crippen LogP contribution < -0.4 is 19.7 Å². The van der Waals surface area contributed by atoms with Crippen LogP contribution in [-0.4, -0.2) is 53.1 Å². The molecule has 0 aliphatic carbocycles. The largest absolute Gasteiger partial charge is 0.463 e. The number of halogens is 5. The molecule has 1 unspecified atom stereocenters. The summed E-state index contributed by atoms with van der Waals surface area (Å²) in [5.41, 5.74) is -4.62. The van der Waals surface area contributed by atoms with Crippen LogP contribution in [0.5, 0.6) is 17.4 Å². The Balaban J connectivity index is 1.90. The summed E-state index contributed by atoms with van der Waals surface area (Å²) in [4.78, 5) is 40.1. The van der Waals surface area contributed by atoms with Crippen molar-refractivity contribution in [3.8, 4) is 17.4 Å². The summed E-state index contributed by atoms with van der Waals surface area (Å²) in [6.45, 7) is 1.19. The molecule has 2 aromatic rings. The maximum atomic E-state index is 14.6. The lowest BCUT2D eigenvalue weighted by molar-refractivity contribution is -0.269. The summed E-state index contributed by atoms with van der Waals surface area (Å²) >= 11 is 6.00. The summed E-state index contributed by atoms with van der Waals surface area (Å²) in [6.07, 6.45) is -5.66. The molecule has 0 spiro atoms. The highest BCUT2D eigenvalue weighted by atomic mass is 35.5. The molecule has 15 heteroatoms. The first-order chi connectivity index (χ1) is 16.4. The number of pyridine rings is 1. The number of aliphatic hydroxyl groups is 1. The average Bonchev–Trinajstić information content (AvgIpc) is 2.75. The monoisotopic (exact) mass is 521 g/mol. The lowest BCUT2D eigenvalue weighted by Crippen LogP contribution is -2.68. The van der Waals surface area contributed by atoms with Gasteiger partial charge in [-0.1, -0.05) is 11.6 Å². The standard InChI is InChI=1S/C20H16ClF4N3O7/c1-2-33-16(30)9-34-17-13(4-3-5-26-17)35-14-7-12(11(22)6-10(14)21)28-15(29)8-19(32,20(23,24)25)27-18(28)31/h3-7,32H,2,8-9H2,1H3,(H,27,31). The molecule has 2 N–H and O–H groups in total. The molecule has 1 fully saturated rings. The van der Waals surface area contributed by atoms with E-state index in [2.05, 4.69) is 4.98 Å². The number of esters is 1. The van der Waals surface area contributed by atoms with E-state index in [9.17, 15) is 37.1 Å². The normalized spacial score (nSPS) is 18.2. The van der Waals surface area contributed by atoms with E-state index in [4.69, 9.17) is 25.8 Å². The Labute approximate surface area is 199 Å². The first-order valence-corrected chi connectivity index (χ1v) is 10.1. The first kappa shape index (κ1) is 26.0. The molecule has 10 nitrogen and oxygen atoms in total. The number of carbonyl (C=O) groups excluding carboxylic acids is 3. The van der Waals surface area contributed by atoms with E-state index in [0.717, 1.165) is 6.07 Å². The zero-order chi connectivity index (χ0) is 26.0. The molecule has 0 bridgehead atoms. The molecule has 1 aliphatic heterocycles. The van der Waals surface area contributed by atoms with Crippen LogP contribution in [-0.2, 0) is 14.3 Å². The topological polar surface area (TPSA) is 127 Å². The van der Waals surface area contributed by atoms with E-state index < -0.39 is 54.3 Å². The Hall–Kier alpha value is -3.65. The molecule has 1 atom stereocenters. The van der Waals surface area contributed by atoms with Gasteiger partial charge in [-0.15, -0.1) is 0 Å². The van der Waals surface area contributed by atoms with Gasteiger partial charge >= 0.3 is 18.2 Å². The van der Waals surface area contributed by atoms with Crippen LogP contribution in [0.4, 0.5) is 28.0 Å². The quantitative estimate of drug-likeness (QED) is 0.420. The van der Waals surface area contributed by atoms with Gasteiger partial charge in [0, 0.05) is 12.3 Å². The van der Waals surface area contributed by atoms with Gasteiger partial charge in [0.05, 0.1) is 23.7 Å². The van der Waals surface area contributed by atoms with Gasteiger partial charge in [-0.05, 0) is 25.1 Å². The van der Waals surface area contributed by atoms with Crippen molar-refractivity contribution in [2.75, 3.05) is 18.1 Å². The molecule has 1 saturated heterocycles. The van der Waals surface area contributed by atoms with Crippen molar-refractivity contribution in [3.05, 3.63) is 41.3 Å². The number of carbonyl (C=O) groups is 3. The predicted molar refractivity (Wildman–Crippen MR) is 109 cm³/mol. The second kappa shape index (κ2) is 9.92. The van der Waals surface area contributed by atoms with Crippen molar-refractivity contribution in [1.82, 2.24) is 10.3 Å². The highest BCUT2D eigenvalue weighted by molar-refractivity contribution is 6.32. The molecular formula is C20H16ClF4N3O7. The van der Waals surface area contributed by atoms with Gasteiger partial charge in [-0.2, -0.15) is 13.2 Å². The van der Waals surface area contributed by atoms with Crippen molar-refractivity contribution >= 4 is 35.2 Å². The fourth-order valence-corrected chi connectivity index (χ4v) is 3.07. The highest BCUT2D eigenvalue weighted by Gasteiger charge is 2.60. The number of aromatic nitrogens is 1. The fraction of sp³-hybridized carbons (Fsp3) is 0.300. The molecule has 2 heterocycles. The maximum Gasteiger partial charge on any atom is 0.437 e. The number of nitrogens with zero attached hydrogens (tertiary/aromatic N) is 2. The number of rotatable bonds is 7. The Morgan fingerprint density at radius 3 is 2.66 bits per heavy atom. The van der Waals surface area contributed by atoms with E-state index >= 15 is 0 Å². The minimum atomic E-state index is -5.36. The minimum absolute atomic E-state index is 0.0696. The molecular weight excluding hydrogens is 506 g/mol.